The second kappa shape index (κ2) is 6.60. The van der Waals surface area contributed by atoms with Gasteiger partial charge in [0.15, 0.2) is 0 Å². The smallest absolute Gasteiger partial charge is 0.303 e. The van der Waals surface area contributed by atoms with Crippen molar-refractivity contribution >= 4 is 17.0 Å². The lowest BCUT2D eigenvalue weighted by atomic mass is 10.2. The van der Waals surface area contributed by atoms with Crippen LogP contribution in [0.2, 0.25) is 0 Å². The molecule has 3 aromatic rings. The van der Waals surface area contributed by atoms with Crippen LogP contribution in [0.5, 0.6) is 0 Å². The first kappa shape index (κ1) is 15.2. The number of aryl methyl sites for hydroxylation is 1. The van der Waals surface area contributed by atoms with E-state index in [1.54, 1.807) is 6.07 Å². The molecule has 2 aromatic carbocycles. The zero-order chi connectivity index (χ0) is 16.2. The van der Waals surface area contributed by atoms with Crippen LogP contribution in [-0.2, 0) is 11.3 Å². The van der Waals surface area contributed by atoms with Crippen LogP contribution in [0.4, 0.5) is 4.39 Å². The van der Waals surface area contributed by atoms with Crippen LogP contribution in [0.3, 0.4) is 0 Å². The molecular formula is C18H17FN2O2. The third kappa shape index (κ3) is 3.39. The number of carboxylic acids is 1. The number of aromatic nitrogens is 2. The molecule has 0 amide bonds. The molecule has 0 bridgehead atoms. The highest BCUT2D eigenvalue weighted by molar-refractivity contribution is 5.80. The lowest BCUT2D eigenvalue weighted by Gasteiger charge is -2.09. The number of carbonyl (C=O) groups is 1. The first-order valence-corrected chi connectivity index (χ1v) is 7.58. The van der Waals surface area contributed by atoms with Gasteiger partial charge in [0.05, 0.1) is 11.0 Å². The highest BCUT2D eigenvalue weighted by atomic mass is 19.1. The molecule has 1 N–H and O–H groups in total. The topological polar surface area (TPSA) is 55.1 Å². The molecule has 0 aliphatic heterocycles. The van der Waals surface area contributed by atoms with Crippen LogP contribution in [0.15, 0.2) is 48.5 Å². The summed E-state index contributed by atoms with van der Waals surface area (Å²) in [7, 11) is 0. The van der Waals surface area contributed by atoms with Crippen LogP contribution in [-0.4, -0.2) is 20.6 Å². The van der Waals surface area contributed by atoms with Crippen molar-refractivity contribution in [1.29, 1.82) is 0 Å². The quantitative estimate of drug-likeness (QED) is 0.697. The Morgan fingerprint density at radius 2 is 1.96 bits per heavy atom. The third-order valence-electron chi connectivity index (χ3n) is 3.76. The maximum atomic E-state index is 13.5. The Labute approximate surface area is 133 Å². The Bertz CT molecular complexity index is 842. The Hall–Kier alpha value is -2.69. The van der Waals surface area contributed by atoms with Crippen molar-refractivity contribution < 1.29 is 14.3 Å². The van der Waals surface area contributed by atoms with Crippen molar-refractivity contribution in [3.63, 3.8) is 0 Å². The number of carboxylic acid groups (broad SMARTS) is 1. The average molecular weight is 312 g/mol. The van der Waals surface area contributed by atoms with Gasteiger partial charge in [0, 0.05) is 18.5 Å². The molecule has 0 fully saturated rings. The molecule has 1 aromatic heterocycles. The molecule has 0 radical (unpaired) electrons. The van der Waals surface area contributed by atoms with Gasteiger partial charge < -0.3 is 9.67 Å². The molecule has 5 heteroatoms. The second-order valence-corrected chi connectivity index (χ2v) is 5.44. The van der Waals surface area contributed by atoms with E-state index >= 15 is 0 Å². The fourth-order valence-corrected chi connectivity index (χ4v) is 2.70. The molecule has 4 nitrogen and oxygen atoms in total. The number of benzene rings is 2. The minimum atomic E-state index is -0.786. The number of halogens is 1. The number of imidazole rings is 1. The maximum absolute atomic E-state index is 13.5. The van der Waals surface area contributed by atoms with Gasteiger partial charge in [0.2, 0.25) is 0 Å². The molecular weight excluding hydrogens is 295 g/mol. The number of hydrogen-bond acceptors (Lipinski definition) is 2. The predicted molar refractivity (Wildman–Crippen MR) is 86.6 cm³/mol. The van der Waals surface area contributed by atoms with Crippen molar-refractivity contribution in [2.24, 2.45) is 0 Å². The summed E-state index contributed by atoms with van der Waals surface area (Å²) in [6, 6.07) is 14.1. The first-order chi connectivity index (χ1) is 11.1. The summed E-state index contributed by atoms with van der Waals surface area (Å²) in [5, 5.41) is 8.74. The van der Waals surface area contributed by atoms with Gasteiger partial charge in [-0.1, -0.05) is 24.3 Å². The second-order valence-electron chi connectivity index (χ2n) is 5.44. The van der Waals surface area contributed by atoms with Gasteiger partial charge in [-0.15, -0.1) is 0 Å². The van der Waals surface area contributed by atoms with E-state index in [0.717, 1.165) is 23.0 Å². The number of hydrogen-bond donors (Lipinski definition) is 1. The highest BCUT2D eigenvalue weighted by Crippen LogP contribution is 2.25. The summed E-state index contributed by atoms with van der Waals surface area (Å²) in [6.45, 7) is 0.652. The van der Waals surface area contributed by atoms with E-state index in [1.807, 2.05) is 34.9 Å². The van der Waals surface area contributed by atoms with E-state index < -0.39 is 5.97 Å². The minimum Gasteiger partial charge on any atom is -0.481 e. The number of unbranched alkanes of at least 4 members (excludes halogenated alkanes) is 1. The van der Waals surface area contributed by atoms with Crippen LogP contribution < -0.4 is 0 Å². The van der Waals surface area contributed by atoms with Crippen LogP contribution in [0.25, 0.3) is 22.4 Å². The van der Waals surface area contributed by atoms with Gasteiger partial charge in [-0.05, 0) is 37.1 Å². The average Bonchev–Trinajstić information content (AvgIpc) is 2.90. The molecule has 0 aliphatic carbocycles. The van der Waals surface area contributed by atoms with E-state index in [2.05, 4.69) is 4.98 Å². The zero-order valence-corrected chi connectivity index (χ0v) is 12.6. The van der Waals surface area contributed by atoms with Crippen molar-refractivity contribution in [3.8, 4) is 11.4 Å². The molecule has 1 heterocycles. The summed E-state index contributed by atoms with van der Waals surface area (Å²) >= 11 is 0. The molecule has 0 saturated carbocycles. The third-order valence-corrected chi connectivity index (χ3v) is 3.76. The zero-order valence-electron chi connectivity index (χ0n) is 12.6. The Morgan fingerprint density at radius 1 is 1.13 bits per heavy atom. The Morgan fingerprint density at radius 3 is 2.74 bits per heavy atom. The highest BCUT2D eigenvalue weighted by Gasteiger charge is 2.12. The molecule has 0 unspecified atom stereocenters. The fraction of sp³-hybridized carbons (Fsp3) is 0.222. The summed E-state index contributed by atoms with van der Waals surface area (Å²) in [4.78, 5) is 15.3. The molecule has 3 rings (SSSR count). The lowest BCUT2D eigenvalue weighted by molar-refractivity contribution is -0.137. The summed E-state index contributed by atoms with van der Waals surface area (Å²) in [5.74, 6) is -0.376. The van der Waals surface area contributed by atoms with Crippen molar-refractivity contribution in [1.82, 2.24) is 9.55 Å². The van der Waals surface area contributed by atoms with E-state index in [1.165, 1.54) is 12.1 Å². The summed E-state index contributed by atoms with van der Waals surface area (Å²) in [5.41, 5.74) is 2.55. The van der Waals surface area contributed by atoms with Gasteiger partial charge in [0.25, 0.3) is 0 Å². The van der Waals surface area contributed by atoms with Gasteiger partial charge in [-0.25, -0.2) is 9.37 Å². The summed E-state index contributed by atoms with van der Waals surface area (Å²) < 4.78 is 15.6. The molecule has 0 atom stereocenters. The predicted octanol–water partition coefficient (Wildman–Crippen LogP) is 4.10. The normalized spacial score (nSPS) is 11.0. The first-order valence-electron chi connectivity index (χ1n) is 7.58. The van der Waals surface area contributed by atoms with Crippen molar-refractivity contribution in [2.45, 2.75) is 25.8 Å². The number of rotatable bonds is 6. The Balaban J connectivity index is 1.96. The van der Waals surface area contributed by atoms with Crippen molar-refractivity contribution in [2.75, 3.05) is 0 Å². The van der Waals surface area contributed by atoms with Crippen LogP contribution in [0, 0.1) is 5.82 Å². The number of aliphatic carboxylic acids is 1. The monoisotopic (exact) mass is 312 g/mol. The molecule has 0 saturated heterocycles. The van der Waals surface area contributed by atoms with E-state index in [-0.39, 0.29) is 12.2 Å². The van der Waals surface area contributed by atoms with Crippen LogP contribution in [0.1, 0.15) is 19.3 Å². The number of fused-ring (bicyclic) bond motifs is 1. The molecule has 118 valence electrons. The van der Waals surface area contributed by atoms with E-state index in [9.17, 15) is 9.18 Å². The van der Waals surface area contributed by atoms with Gasteiger partial charge in [-0.3, -0.25) is 4.79 Å². The number of nitrogens with zero attached hydrogens (tertiary/aromatic N) is 2. The van der Waals surface area contributed by atoms with Gasteiger partial charge in [-0.2, -0.15) is 0 Å². The molecule has 0 aliphatic rings. The molecule has 0 spiro atoms. The SMILES string of the molecule is O=C(O)CCCCn1c(-c2cccc(F)c2)nc2ccccc21. The summed E-state index contributed by atoms with van der Waals surface area (Å²) in [6.07, 6.45) is 1.49. The Kier molecular flexibility index (Phi) is 4.37. The lowest BCUT2D eigenvalue weighted by Crippen LogP contribution is -2.02. The van der Waals surface area contributed by atoms with Crippen molar-refractivity contribution in [3.05, 3.63) is 54.3 Å². The fourth-order valence-electron chi connectivity index (χ4n) is 2.70. The molecule has 23 heavy (non-hydrogen) atoms. The minimum absolute atomic E-state index is 0.155. The standard InChI is InChI=1S/C18H17FN2O2/c19-14-7-5-6-13(12-14)18-20-15-8-1-2-9-16(15)21(18)11-4-3-10-17(22)23/h1-2,5-9,12H,3-4,10-11H2,(H,22,23). The van der Waals surface area contributed by atoms with Gasteiger partial charge >= 0.3 is 5.97 Å². The van der Waals surface area contributed by atoms with E-state index in [4.69, 9.17) is 5.11 Å². The van der Waals surface area contributed by atoms with Crippen LogP contribution >= 0.6 is 0 Å². The largest absolute Gasteiger partial charge is 0.481 e. The van der Waals surface area contributed by atoms with E-state index in [0.29, 0.717) is 18.8 Å². The van der Waals surface area contributed by atoms with Gasteiger partial charge in [0.1, 0.15) is 11.6 Å². The maximum Gasteiger partial charge on any atom is 0.303 e. The number of para-hydroxylation sites is 2.